The molecule has 0 bridgehead atoms. The Hall–Kier alpha value is 1.22. The third-order valence-electron chi connectivity index (χ3n) is 5.46. The number of amides is 1. The Morgan fingerprint density at radius 2 is 1.41 bits per heavy atom. The van der Waals surface area contributed by atoms with Crippen molar-refractivity contribution in [2.45, 2.75) is 70.4 Å². The molecule has 0 aromatic rings. The van der Waals surface area contributed by atoms with Gasteiger partial charge in [0.15, 0.2) is 11.6 Å². The second-order valence-corrected chi connectivity index (χ2v) is 8.49. The van der Waals surface area contributed by atoms with Gasteiger partial charge in [0.2, 0.25) is 5.91 Å². The number of ketones is 4. The van der Waals surface area contributed by atoms with Crippen LogP contribution in [-0.4, -0.2) is 102 Å². The molecule has 0 saturated carbocycles. The number of methoxy groups -OCH3 is 2. The first-order valence-corrected chi connectivity index (χ1v) is 12.8. The van der Waals surface area contributed by atoms with Crippen LogP contribution in [0, 0.1) is 6.92 Å². The van der Waals surface area contributed by atoms with Crippen LogP contribution in [0.15, 0.2) is 0 Å². The van der Waals surface area contributed by atoms with Gasteiger partial charge in [0, 0.05) is 59.5 Å². The molecule has 0 heterocycles. The van der Waals surface area contributed by atoms with Crippen LogP contribution >= 0.6 is 0 Å². The van der Waals surface area contributed by atoms with E-state index in [-0.39, 0.29) is 184 Å². The van der Waals surface area contributed by atoms with Crippen molar-refractivity contribution in [3.8, 4) is 0 Å². The Kier molecular flexibility index (Phi) is 35.1. The molecule has 0 spiro atoms. The van der Waals surface area contributed by atoms with Crippen LogP contribution in [-0.2, 0) is 42.9 Å². The summed E-state index contributed by atoms with van der Waals surface area (Å²) in [5.74, 6) is -1.09. The van der Waals surface area contributed by atoms with Crippen LogP contribution in [0.5, 0.6) is 0 Å². The molecular weight excluding hydrogens is 562 g/mol. The van der Waals surface area contributed by atoms with Crippen LogP contribution in [0.3, 0.4) is 0 Å². The van der Waals surface area contributed by atoms with Gasteiger partial charge in [-0.25, -0.2) is 0 Å². The minimum Gasteiger partial charge on any atom is -0.382 e. The molecule has 0 fully saturated rings. The topological polar surface area (TPSA) is 146 Å². The number of hydrogen-bond acceptors (Lipinski definition) is 10. The number of carbonyl (C=O) groups excluding carboxylic acids is 5. The third-order valence-corrected chi connectivity index (χ3v) is 5.46. The SMILES string of the molecule is [CH2-]CC(=O)CC(NC(=O)CCC(NCCC(=O)COCCOC)C(=O)CCCOCCOC)C(=O)CC.[K+].[K+]. The molecule has 0 rings (SSSR count). The van der Waals surface area contributed by atoms with Crippen LogP contribution < -0.4 is 113 Å². The van der Waals surface area contributed by atoms with E-state index in [1.165, 1.54) is 0 Å². The molecule has 2 atom stereocenters. The minimum absolute atomic E-state index is 0. The second kappa shape index (κ2) is 30.7. The van der Waals surface area contributed by atoms with Crippen molar-refractivity contribution < 1.29 is 146 Å². The Bertz CT molecular complexity index is 696. The van der Waals surface area contributed by atoms with Crippen molar-refractivity contribution in [2.24, 2.45) is 0 Å². The van der Waals surface area contributed by atoms with Crippen molar-refractivity contribution >= 4 is 29.0 Å². The van der Waals surface area contributed by atoms with E-state index in [9.17, 15) is 24.0 Å². The number of nitrogens with one attached hydrogen (secondary N) is 2. The van der Waals surface area contributed by atoms with E-state index < -0.39 is 18.0 Å². The molecule has 0 radical (unpaired) electrons. The number of hydrogen-bond donors (Lipinski definition) is 2. The Balaban J connectivity index is -0.00000648. The average Bonchev–Trinajstić information content (AvgIpc) is 2.89. The fraction of sp³-hybridized carbons (Fsp3) is 0.769. The van der Waals surface area contributed by atoms with Crippen LogP contribution in [0.25, 0.3) is 0 Å². The fourth-order valence-corrected chi connectivity index (χ4v) is 3.29. The zero-order valence-electron chi connectivity index (χ0n) is 24.6. The van der Waals surface area contributed by atoms with Crippen LogP contribution in [0.1, 0.15) is 58.3 Å². The van der Waals surface area contributed by atoms with Crippen molar-refractivity contribution in [3.05, 3.63) is 6.92 Å². The molecule has 13 heteroatoms. The molecule has 0 aliphatic carbocycles. The van der Waals surface area contributed by atoms with Gasteiger partial charge in [0.25, 0.3) is 0 Å². The number of ether oxygens (including phenoxy) is 4. The predicted octanol–water partition coefficient (Wildman–Crippen LogP) is -4.99. The van der Waals surface area contributed by atoms with Gasteiger partial charge in [-0.1, -0.05) is 6.92 Å². The summed E-state index contributed by atoms with van der Waals surface area (Å²) >= 11 is 0. The molecule has 1 amide bonds. The summed E-state index contributed by atoms with van der Waals surface area (Å²) in [6.45, 7) is 7.43. The van der Waals surface area contributed by atoms with E-state index in [1.807, 2.05) is 0 Å². The first kappa shape index (κ1) is 44.7. The Labute approximate surface area is 318 Å². The molecule has 39 heavy (non-hydrogen) atoms. The molecule has 214 valence electrons. The monoisotopic (exact) mass is 607 g/mol. The van der Waals surface area contributed by atoms with Crippen molar-refractivity contribution in [1.82, 2.24) is 10.6 Å². The van der Waals surface area contributed by atoms with E-state index in [2.05, 4.69) is 17.6 Å². The molecule has 0 aliphatic heterocycles. The Morgan fingerprint density at radius 3 is 2.00 bits per heavy atom. The van der Waals surface area contributed by atoms with Gasteiger partial charge in [-0.05, 0) is 12.8 Å². The summed E-state index contributed by atoms with van der Waals surface area (Å²) in [6.07, 6.45) is 1.22. The molecule has 2 unspecified atom stereocenters. The van der Waals surface area contributed by atoms with Gasteiger partial charge in [0.1, 0.15) is 18.2 Å². The summed E-state index contributed by atoms with van der Waals surface area (Å²) in [4.78, 5) is 61.3. The zero-order valence-corrected chi connectivity index (χ0v) is 30.9. The maximum atomic E-state index is 12.8. The van der Waals surface area contributed by atoms with E-state index >= 15 is 0 Å². The zero-order chi connectivity index (χ0) is 27.9. The summed E-state index contributed by atoms with van der Waals surface area (Å²) in [7, 11) is 3.12. The van der Waals surface area contributed by atoms with Gasteiger partial charge in [-0.3, -0.25) is 19.2 Å². The normalized spacial score (nSPS) is 12.0. The van der Waals surface area contributed by atoms with E-state index in [0.717, 1.165) is 0 Å². The van der Waals surface area contributed by atoms with Crippen molar-refractivity contribution in [2.75, 3.05) is 60.4 Å². The maximum Gasteiger partial charge on any atom is 1.00 e. The molecule has 0 saturated heterocycles. The average molecular weight is 608 g/mol. The summed E-state index contributed by atoms with van der Waals surface area (Å²) < 4.78 is 20.4. The van der Waals surface area contributed by atoms with Gasteiger partial charge in [-0.15, -0.1) is 6.42 Å². The number of carbonyl (C=O) groups is 5. The van der Waals surface area contributed by atoms with Gasteiger partial charge in [-0.2, -0.15) is 0 Å². The largest absolute Gasteiger partial charge is 1.00 e. The molecular formula is C26H45K2N2O9+. The van der Waals surface area contributed by atoms with E-state index in [0.29, 0.717) is 39.5 Å². The standard InChI is InChI=1S/C26H45N2O9.2K/c1-5-20(29)18-23(24(31)6-2)28-26(33)10-9-22(25(32)8-7-13-36-16-14-34-3)27-12-11-21(30)19-37-17-15-35-4;;/h22-23,27H,1,5-19H2,2-4H3,(H,28,33);;/q-1;2*+1. The summed E-state index contributed by atoms with van der Waals surface area (Å²) in [6, 6.07) is -1.54. The Morgan fingerprint density at radius 1 is 0.769 bits per heavy atom. The van der Waals surface area contributed by atoms with Crippen LogP contribution in [0.2, 0.25) is 0 Å². The second-order valence-electron chi connectivity index (χ2n) is 8.49. The first-order chi connectivity index (χ1) is 17.8. The predicted molar refractivity (Wildman–Crippen MR) is 137 cm³/mol. The van der Waals surface area contributed by atoms with Gasteiger partial charge >= 0.3 is 103 Å². The maximum absolute atomic E-state index is 12.8. The molecule has 0 aliphatic rings. The quantitative estimate of drug-likeness (QED) is 0.0557. The summed E-state index contributed by atoms with van der Waals surface area (Å²) in [5, 5.41) is 5.69. The summed E-state index contributed by atoms with van der Waals surface area (Å²) in [5.41, 5.74) is 0. The van der Waals surface area contributed by atoms with Gasteiger partial charge < -0.3 is 41.3 Å². The fourth-order valence-electron chi connectivity index (χ4n) is 3.29. The van der Waals surface area contributed by atoms with Crippen molar-refractivity contribution in [3.63, 3.8) is 0 Å². The minimum atomic E-state index is -0.895. The van der Waals surface area contributed by atoms with Crippen molar-refractivity contribution in [1.29, 1.82) is 0 Å². The van der Waals surface area contributed by atoms with E-state index in [1.54, 1.807) is 21.1 Å². The smallest absolute Gasteiger partial charge is 0.382 e. The van der Waals surface area contributed by atoms with Gasteiger partial charge in [0.05, 0.1) is 38.5 Å². The molecule has 2 N–H and O–H groups in total. The molecule has 11 nitrogen and oxygen atoms in total. The van der Waals surface area contributed by atoms with Crippen LogP contribution in [0.4, 0.5) is 0 Å². The van der Waals surface area contributed by atoms with E-state index in [4.69, 9.17) is 18.9 Å². The first-order valence-electron chi connectivity index (χ1n) is 12.8. The number of Topliss-reactive ketones (excluding diaryl/α,β-unsaturated/α-hetero) is 4. The third kappa shape index (κ3) is 25.4. The molecule has 0 aromatic heterocycles. The number of rotatable bonds is 26. The molecule has 0 aromatic carbocycles.